The van der Waals surface area contributed by atoms with E-state index in [4.69, 9.17) is 0 Å². The van der Waals surface area contributed by atoms with Gasteiger partial charge in [-0.1, -0.05) is 28.1 Å². The largest absolute Gasteiger partial charge is 0.394 e. The topological polar surface area (TPSA) is 52.6 Å². The number of halogens is 1. The lowest BCUT2D eigenvalue weighted by atomic mass is 10.1. The molecular weight excluding hydrogens is 320 g/mol. The number of nitrogens with zero attached hydrogens (tertiary/aromatic N) is 1. The Bertz CT molecular complexity index is 457. The van der Waals surface area contributed by atoms with Crippen LogP contribution in [0.2, 0.25) is 0 Å². The van der Waals surface area contributed by atoms with Crippen LogP contribution in [0.4, 0.5) is 0 Å². The zero-order chi connectivity index (χ0) is 15.3. The molecule has 0 saturated carbocycles. The van der Waals surface area contributed by atoms with Gasteiger partial charge in [0.1, 0.15) is 0 Å². The number of likely N-dealkylation sites (N-methyl/N-ethyl adjacent to an activating group) is 1. The summed E-state index contributed by atoms with van der Waals surface area (Å²) in [6.07, 6.45) is 0. The van der Waals surface area contributed by atoms with Crippen molar-refractivity contribution in [2.24, 2.45) is 0 Å². The first kappa shape index (κ1) is 17.1. The van der Waals surface area contributed by atoms with E-state index in [2.05, 4.69) is 21.2 Å². The lowest BCUT2D eigenvalue weighted by Crippen LogP contribution is -2.46. The lowest BCUT2D eigenvalue weighted by molar-refractivity contribution is -0.124. The zero-order valence-corrected chi connectivity index (χ0v) is 14.1. The van der Waals surface area contributed by atoms with Crippen LogP contribution in [-0.2, 0) is 4.79 Å². The number of benzene rings is 1. The number of hydrogen-bond acceptors (Lipinski definition) is 3. The molecule has 20 heavy (non-hydrogen) atoms. The van der Waals surface area contributed by atoms with Crippen LogP contribution in [0.15, 0.2) is 28.7 Å². The van der Waals surface area contributed by atoms with Crippen LogP contribution in [0.1, 0.15) is 32.4 Å². The minimum atomic E-state index is -0.248. The summed E-state index contributed by atoms with van der Waals surface area (Å²) in [6.45, 7) is 6.05. The van der Waals surface area contributed by atoms with E-state index in [1.807, 2.05) is 57.0 Å². The molecule has 2 N–H and O–H groups in total. The summed E-state index contributed by atoms with van der Waals surface area (Å²) in [5.74, 6) is -0.0477. The molecule has 0 spiro atoms. The van der Waals surface area contributed by atoms with Crippen molar-refractivity contribution in [3.8, 4) is 0 Å². The van der Waals surface area contributed by atoms with Crippen LogP contribution >= 0.6 is 15.9 Å². The van der Waals surface area contributed by atoms with Gasteiger partial charge in [0, 0.05) is 10.0 Å². The molecule has 0 aliphatic heterocycles. The molecule has 0 radical (unpaired) electrons. The first-order valence-electron chi connectivity index (χ1n) is 6.60. The molecule has 0 saturated heterocycles. The minimum Gasteiger partial charge on any atom is -0.394 e. The fourth-order valence-corrected chi connectivity index (χ4v) is 2.42. The molecule has 1 unspecified atom stereocenters. The third kappa shape index (κ3) is 5.61. The van der Waals surface area contributed by atoms with Crippen molar-refractivity contribution in [3.63, 3.8) is 0 Å². The zero-order valence-electron chi connectivity index (χ0n) is 12.5. The second-order valence-electron chi connectivity index (χ2n) is 5.97. The quantitative estimate of drug-likeness (QED) is 0.863. The van der Waals surface area contributed by atoms with Gasteiger partial charge in [0.2, 0.25) is 5.91 Å². The molecule has 0 aliphatic rings. The highest BCUT2D eigenvalue weighted by Gasteiger charge is 2.21. The van der Waals surface area contributed by atoms with Crippen LogP contribution in [0.25, 0.3) is 0 Å². The maximum Gasteiger partial charge on any atom is 0.234 e. The number of hydrogen-bond donors (Lipinski definition) is 2. The molecule has 1 aromatic rings. The lowest BCUT2D eigenvalue weighted by Gasteiger charge is -2.28. The highest BCUT2D eigenvalue weighted by molar-refractivity contribution is 9.10. The molecule has 4 nitrogen and oxygen atoms in total. The van der Waals surface area contributed by atoms with Gasteiger partial charge in [-0.25, -0.2) is 0 Å². The van der Waals surface area contributed by atoms with Crippen molar-refractivity contribution >= 4 is 21.8 Å². The highest BCUT2D eigenvalue weighted by Crippen LogP contribution is 2.22. The predicted octanol–water partition coefficient (Wildman–Crippen LogP) is 2.33. The van der Waals surface area contributed by atoms with Crippen LogP contribution < -0.4 is 5.32 Å². The van der Waals surface area contributed by atoms with E-state index in [-0.39, 0.29) is 30.6 Å². The molecule has 0 aliphatic carbocycles. The van der Waals surface area contributed by atoms with Crippen molar-refractivity contribution in [2.75, 3.05) is 20.2 Å². The van der Waals surface area contributed by atoms with Gasteiger partial charge in [-0.15, -0.1) is 0 Å². The first-order chi connectivity index (χ1) is 9.23. The van der Waals surface area contributed by atoms with Crippen LogP contribution in [0.3, 0.4) is 0 Å². The van der Waals surface area contributed by atoms with Gasteiger partial charge in [0.05, 0.1) is 19.2 Å². The fourth-order valence-electron chi connectivity index (χ4n) is 2.01. The summed E-state index contributed by atoms with van der Waals surface area (Å²) >= 11 is 3.42. The number of aliphatic hydroxyl groups excluding tert-OH is 1. The third-order valence-corrected chi connectivity index (χ3v) is 3.34. The summed E-state index contributed by atoms with van der Waals surface area (Å²) in [7, 11) is 1.84. The molecule has 0 heterocycles. The van der Waals surface area contributed by atoms with Gasteiger partial charge in [-0.3, -0.25) is 9.69 Å². The van der Waals surface area contributed by atoms with E-state index in [1.54, 1.807) is 0 Å². The number of nitrogens with one attached hydrogen (secondary N) is 1. The normalized spacial score (nSPS) is 13.3. The van der Waals surface area contributed by atoms with Crippen molar-refractivity contribution in [3.05, 3.63) is 34.3 Å². The number of carbonyl (C=O) groups excluding carboxylic acids is 1. The van der Waals surface area contributed by atoms with Crippen molar-refractivity contribution in [1.29, 1.82) is 0 Å². The average Bonchev–Trinajstić information content (AvgIpc) is 2.26. The Hall–Kier alpha value is -0.910. The van der Waals surface area contributed by atoms with Gasteiger partial charge in [0.25, 0.3) is 0 Å². The van der Waals surface area contributed by atoms with Crippen molar-refractivity contribution < 1.29 is 9.90 Å². The van der Waals surface area contributed by atoms with Gasteiger partial charge in [0.15, 0.2) is 0 Å². The van der Waals surface area contributed by atoms with E-state index in [9.17, 15) is 9.90 Å². The van der Waals surface area contributed by atoms with Gasteiger partial charge in [-0.2, -0.15) is 0 Å². The van der Waals surface area contributed by atoms with E-state index >= 15 is 0 Å². The van der Waals surface area contributed by atoms with Crippen molar-refractivity contribution in [1.82, 2.24) is 10.2 Å². The minimum absolute atomic E-state index is 0.0320. The maximum absolute atomic E-state index is 11.9. The summed E-state index contributed by atoms with van der Waals surface area (Å²) < 4.78 is 0.959. The summed E-state index contributed by atoms with van der Waals surface area (Å²) in [5.41, 5.74) is 0.732. The smallest absolute Gasteiger partial charge is 0.234 e. The Morgan fingerprint density at radius 2 is 2.10 bits per heavy atom. The molecular formula is C15H23BrN2O2. The van der Waals surface area contributed by atoms with E-state index in [0.717, 1.165) is 10.0 Å². The summed E-state index contributed by atoms with van der Waals surface area (Å²) in [6, 6.07) is 7.57. The Labute approximate surface area is 129 Å². The molecule has 1 rings (SSSR count). The predicted molar refractivity (Wildman–Crippen MR) is 84.5 cm³/mol. The van der Waals surface area contributed by atoms with Gasteiger partial charge < -0.3 is 10.4 Å². The van der Waals surface area contributed by atoms with Gasteiger partial charge in [-0.05, 0) is 45.5 Å². The Balaban J connectivity index is 2.73. The first-order valence-corrected chi connectivity index (χ1v) is 7.40. The molecule has 5 heteroatoms. The number of rotatable bonds is 5. The van der Waals surface area contributed by atoms with Crippen LogP contribution in [0.5, 0.6) is 0 Å². The molecule has 112 valence electrons. The van der Waals surface area contributed by atoms with E-state index < -0.39 is 0 Å². The second kappa shape index (κ2) is 7.20. The fraction of sp³-hybridized carbons (Fsp3) is 0.533. The van der Waals surface area contributed by atoms with Crippen LogP contribution in [-0.4, -0.2) is 41.7 Å². The van der Waals surface area contributed by atoms with Gasteiger partial charge >= 0.3 is 0 Å². The van der Waals surface area contributed by atoms with Crippen LogP contribution in [0, 0.1) is 0 Å². The molecule has 0 bridgehead atoms. The number of aliphatic hydroxyl groups is 1. The van der Waals surface area contributed by atoms with Crippen molar-refractivity contribution in [2.45, 2.75) is 32.4 Å². The number of amides is 1. The molecule has 1 atom stereocenters. The Morgan fingerprint density at radius 3 is 2.60 bits per heavy atom. The van der Waals surface area contributed by atoms with E-state index in [0.29, 0.717) is 0 Å². The Morgan fingerprint density at radius 1 is 1.45 bits per heavy atom. The Kier molecular flexibility index (Phi) is 6.17. The standard InChI is InChI=1S/C15H23BrN2O2/c1-15(2,3)17-14(20)9-18(4)13(10-19)11-6-5-7-12(16)8-11/h5-8,13,19H,9-10H2,1-4H3,(H,17,20). The highest BCUT2D eigenvalue weighted by atomic mass is 79.9. The second-order valence-corrected chi connectivity index (χ2v) is 6.88. The maximum atomic E-state index is 11.9. The average molecular weight is 343 g/mol. The summed E-state index contributed by atoms with van der Waals surface area (Å²) in [4.78, 5) is 13.8. The third-order valence-electron chi connectivity index (χ3n) is 2.85. The monoisotopic (exact) mass is 342 g/mol. The summed E-state index contributed by atoms with van der Waals surface area (Å²) in [5, 5.41) is 12.5. The molecule has 0 aromatic heterocycles. The molecule has 0 fully saturated rings. The molecule has 1 amide bonds. The molecule has 1 aromatic carbocycles. The SMILES string of the molecule is CN(CC(=O)NC(C)(C)C)C(CO)c1cccc(Br)c1. The number of carbonyl (C=O) groups is 1. The van der Waals surface area contributed by atoms with E-state index in [1.165, 1.54) is 0 Å².